The topological polar surface area (TPSA) is 64.7 Å². The van der Waals surface area contributed by atoms with E-state index < -0.39 is 0 Å². The molecule has 0 bridgehead atoms. The minimum absolute atomic E-state index is 0.621. The first-order valence-electron chi connectivity index (χ1n) is 18.3. The summed E-state index contributed by atoms with van der Waals surface area (Å²) in [6, 6.07) is 66.6. The van der Waals surface area contributed by atoms with Crippen LogP contribution in [0.4, 0.5) is 0 Å². The van der Waals surface area contributed by atoms with Gasteiger partial charge in [-0.15, -0.1) is 0 Å². The summed E-state index contributed by atoms with van der Waals surface area (Å²) in [4.78, 5) is 19.6. The number of aromatic nitrogens is 4. The normalized spacial score (nSPS) is 11.3. The van der Waals surface area contributed by atoms with Gasteiger partial charge in [-0.3, -0.25) is 0 Å². The fraction of sp³-hybridized carbons (Fsp3) is 0. The summed E-state index contributed by atoms with van der Waals surface area (Å²) in [5.41, 5.74) is 12.0. The lowest BCUT2D eigenvalue weighted by molar-refractivity contribution is 0.621. The molecule has 0 unspecified atom stereocenters. The van der Waals surface area contributed by atoms with Crippen molar-refractivity contribution >= 4 is 21.9 Å². The lowest BCUT2D eigenvalue weighted by Crippen LogP contribution is -2.00. The van der Waals surface area contributed by atoms with Gasteiger partial charge in [0.2, 0.25) is 5.89 Å². The SMILES string of the molecule is c1ccc(-c2nc(-c3ccccc3)nc(-c3ccc(-c4c(-c5ccc(-c6cccc7nc(-c8ccccc8)oc67)cc5)ccc5ccccc45)cc3)n2)cc1. The van der Waals surface area contributed by atoms with Gasteiger partial charge in [0, 0.05) is 27.8 Å². The molecule has 258 valence electrons. The van der Waals surface area contributed by atoms with Crippen LogP contribution >= 0.6 is 0 Å². The van der Waals surface area contributed by atoms with E-state index in [-0.39, 0.29) is 0 Å². The lowest BCUT2D eigenvalue weighted by Gasteiger charge is -2.15. The maximum absolute atomic E-state index is 6.36. The van der Waals surface area contributed by atoms with Gasteiger partial charge in [-0.05, 0) is 56.8 Å². The van der Waals surface area contributed by atoms with E-state index in [1.807, 2.05) is 103 Å². The summed E-state index contributed by atoms with van der Waals surface area (Å²) >= 11 is 0. The van der Waals surface area contributed by atoms with Crippen molar-refractivity contribution in [3.63, 3.8) is 0 Å². The van der Waals surface area contributed by atoms with Crippen molar-refractivity contribution in [3.8, 4) is 79.0 Å². The average Bonchev–Trinajstić information content (AvgIpc) is 3.72. The first kappa shape index (κ1) is 32.2. The smallest absolute Gasteiger partial charge is 0.227 e. The first-order chi connectivity index (χ1) is 27.2. The highest BCUT2D eigenvalue weighted by Crippen LogP contribution is 2.40. The monoisotopic (exact) mass is 704 g/mol. The summed E-state index contributed by atoms with van der Waals surface area (Å²) < 4.78 is 6.36. The highest BCUT2D eigenvalue weighted by molar-refractivity contribution is 6.04. The Morgan fingerprint density at radius 1 is 0.309 bits per heavy atom. The van der Waals surface area contributed by atoms with Crippen molar-refractivity contribution in [2.45, 2.75) is 0 Å². The van der Waals surface area contributed by atoms with Gasteiger partial charge >= 0.3 is 0 Å². The Bertz CT molecular complexity index is 2880. The third-order valence-corrected chi connectivity index (χ3v) is 10.0. The van der Waals surface area contributed by atoms with E-state index in [4.69, 9.17) is 24.4 Å². The molecule has 10 aromatic rings. The van der Waals surface area contributed by atoms with Crippen LogP contribution in [0.1, 0.15) is 0 Å². The first-order valence-corrected chi connectivity index (χ1v) is 18.3. The van der Waals surface area contributed by atoms with Crippen LogP contribution in [0, 0.1) is 0 Å². The molecule has 5 nitrogen and oxygen atoms in total. The van der Waals surface area contributed by atoms with Crippen LogP contribution in [0.2, 0.25) is 0 Å². The Balaban J connectivity index is 1.04. The van der Waals surface area contributed by atoms with E-state index in [2.05, 4.69) is 91.0 Å². The molecule has 0 saturated carbocycles. The van der Waals surface area contributed by atoms with Crippen molar-refractivity contribution < 1.29 is 4.42 Å². The van der Waals surface area contributed by atoms with Gasteiger partial charge in [0.1, 0.15) is 5.52 Å². The minimum atomic E-state index is 0.621. The Labute approximate surface area is 318 Å². The van der Waals surface area contributed by atoms with Crippen molar-refractivity contribution in [2.24, 2.45) is 0 Å². The average molecular weight is 705 g/mol. The third-order valence-electron chi connectivity index (χ3n) is 10.0. The molecule has 5 heteroatoms. The largest absolute Gasteiger partial charge is 0.435 e. The molecule has 55 heavy (non-hydrogen) atoms. The molecular formula is C50H32N4O. The number of hydrogen-bond acceptors (Lipinski definition) is 5. The fourth-order valence-corrected chi connectivity index (χ4v) is 7.26. The van der Waals surface area contributed by atoms with Crippen LogP contribution in [-0.2, 0) is 0 Å². The van der Waals surface area contributed by atoms with Crippen LogP contribution in [-0.4, -0.2) is 19.9 Å². The Morgan fingerprint density at radius 2 is 0.800 bits per heavy atom. The molecule has 0 amide bonds. The van der Waals surface area contributed by atoms with Crippen LogP contribution in [0.3, 0.4) is 0 Å². The second-order valence-corrected chi connectivity index (χ2v) is 13.4. The highest BCUT2D eigenvalue weighted by atomic mass is 16.3. The van der Waals surface area contributed by atoms with E-state index in [1.165, 1.54) is 16.3 Å². The summed E-state index contributed by atoms with van der Waals surface area (Å²) in [5, 5.41) is 2.38. The Hall–Kier alpha value is -7.50. The number of para-hydroxylation sites is 1. The lowest BCUT2D eigenvalue weighted by atomic mass is 9.89. The summed E-state index contributed by atoms with van der Waals surface area (Å²) in [7, 11) is 0. The van der Waals surface area contributed by atoms with Crippen LogP contribution in [0.25, 0.3) is 101 Å². The van der Waals surface area contributed by atoms with Gasteiger partial charge in [0.15, 0.2) is 23.1 Å². The maximum Gasteiger partial charge on any atom is 0.227 e. The number of hydrogen-bond donors (Lipinski definition) is 0. The van der Waals surface area contributed by atoms with E-state index in [1.54, 1.807) is 0 Å². The quantitative estimate of drug-likeness (QED) is 0.165. The molecular weight excluding hydrogens is 673 g/mol. The number of fused-ring (bicyclic) bond motifs is 2. The molecule has 0 radical (unpaired) electrons. The zero-order chi connectivity index (χ0) is 36.6. The van der Waals surface area contributed by atoms with Gasteiger partial charge in [-0.1, -0.05) is 176 Å². The molecule has 10 rings (SSSR count). The van der Waals surface area contributed by atoms with Crippen molar-refractivity contribution in [3.05, 3.63) is 194 Å². The Kier molecular flexibility index (Phi) is 8.08. The molecule has 0 spiro atoms. The van der Waals surface area contributed by atoms with E-state index in [9.17, 15) is 0 Å². The molecule has 0 N–H and O–H groups in total. The van der Waals surface area contributed by atoms with Crippen molar-refractivity contribution in [1.82, 2.24) is 19.9 Å². The van der Waals surface area contributed by atoms with Crippen LogP contribution < -0.4 is 0 Å². The molecule has 2 heterocycles. The summed E-state index contributed by atoms with van der Waals surface area (Å²) in [6.45, 7) is 0. The predicted molar refractivity (Wildman–Crippen MR) is 223 cm³/mol. The minimum Gasteiger partial charge on any atom is -0.435 e. The highest BCUT2D eigenvalue weighted by Gasteiger charge is 2.17. The van der Waals surface area contributed by atoms with E-state index in [0.29, 0.717) is 23.4 Å². The van der Waals surface area contributed by atoms with Gasteiger partial charge in [0.25, 0.3) is 0 Å². The van der Waals surface area contributed by atoms with Crippen molar-refractivity contribution in [1.29, 1.82) is 0 Å². The fourth-order valence-electron chi connectivity index (χ4n) is 7.26. The van der Waals surface area contributed by atoms with Gasteiger partial charge in [-0.25, -0.2) is 19.9 Å². The molecule has 2 aromatic heterocycles. The Morgan fingerprint density at radius 3 is 1.42 bits per heavy atom. The predicted octanol–water partition coefficient (Wildman–Crippen LogP) is 12.8. The maximum atomic E-state index is 6.36. The number of oxazole rings is 1. The van der Waals surface area contributed by atoms with Crippen molar-refractivity contribution in [2.75, 3.05) is 0 Å². The standard InChI is InChI=1S/C50H32N4O/c1-4-14-37(15-5-1)47-52-48(38-16-6-2-7-17-38)54-49(53-47)39-29-27-36(28-30-39)45-41-20-11-10-13-33(41)31-32-42(45)34-23-25-35(26-24-34)43-21-12-22-44-46(43)55-50(51-44)40-18-8-3-9-19-40/h1-32H. The second-order valence-electron chi connectivity index (χ2n) is 13.4. The molecule has 0 aliphatic rings. The van der Waals surface area contributed by atoms with Gasteiger partial charge in [0.05, 0.1) is 0 Å². The molecule has 0 saturated heterocycles. The zero-order valence-corrected chi connectivity index (χ0v) is 29.7. The molecule has 0 aliphatic heterocycles. The van der Waals surface area contributed by atoms with E-state index >= 15 is 0 Å². The summed E-state index contributed by atoms with van der Waals surface area (Å²) in [6.07, 6.45) is 0. The molecule has 0 atom stereocenters. The second kappa shape index (κ2) is 13.8. The zero-order valence-electron chi connectivity index (χ0n) is 29.7. The molecule has 0 aliphatic carbocycles. The number of rotatable bonds is 7. The van der Waals surface area contributed by atoms with Crippen LogP contribution in [0.15, 0.2) is 199 Å². The molecule has 8 aromatic carbocycles. The van der Waals surface area contributed by atoms with Crippen LogP contribution in [0.5, 0.6) is 0 Å². The van der Waals surface area contributed by atoms with Gasteiger partial charge in [-0.2, -0.15) is 0 Å². The molecule has 0 fully saturated rings. The number of nitrogens with zero attached hydrogens (tertiary/aromatic N) is 4. The van der Waals surface area contributed by atoms with E-state index in [0.717, 1.165) is 61.2 Å². The summed E-state index contributed by atoms with van der Waals surface area (Å²) in [5.74, 6) is 2.54. The number of benzene rings is 8. The third kappa shape index (κ3) is 6.14. The van der Waals surface area contributed by atoms with Gasteiger partial charge < -0.3 is 4.42 Å².